The largest absolute Gasteiger partial charge is 0.508 e. The molecule has 0 atom stereocenters. The van der Waals surface area contributed by atoms with Gasteiger partial charge in [-0.3, -0.25) is 0 Å². The normalized spacial score (nSPS) is 10.6. The van der Waals surface area contributed by atoms with E-state index in [-0.39, 0.29) is 0 Å². The Morgan fingerprint density at radius 2 is 1.57 bits per heavy atom. The van der Waals surface area contributed by atoms with Crippen molar-refractivity contribution in [2.45, 2.75) is 47.0 Å². The maximum Gasteiger partial charge on any atom is 0.119 e. The van der Waals surface area contributed by atoms with Gasteiger partial charge in [0.15, 0.2) is 0 Å². The third kappa shape index (κ3) is 1.77. The molecule has 14 heavy (non-hydrogen) atoms. The van der Waals surface area contributed by atoms with E-state index in [1.165, 1.54) is 16.7 Å². The maximum atomic E-state index is 9.76. The molecule has 0 amide bonds. The molecule has 1 aromatic carbocycles. The zero-order chi connectivity index (χ0) is 10.7. The summed E-state index contributed by atoms with van der Waals surface area (Å²) in [4.78, 5) is 0. The Labute approximate surface area is 86.8 Å². The number of phenols is 1. The van der Waals surface area contributed by atoms with E-state index < -0.39 is 0 Å². The third-order valence-corrected chi connectivity index (χ3v) is 2.99. The summed E-state index contributed by atoms with van der Waals surface area (Å²) < 4.78 is 0. The summed E-state index contributed by atoms with van der Waals surface area (Å²) in [6.45, 7) is 8.49. The Morgan fingerprint density at radius 3 is 2.00 bits per heavy atom. The molecule has 1 heteroatoms. The highest BCUT2D eigenvalue weighted by molar-refractivity contribution is 5.48. The van der Waals surface area contributed by atoms with Crippen molar-refractivity contribution in [2.24, 2.45) is 0 Å². The molecule has 1 nitrogen and oxygen atoms in total. The second kappa shape index (κ2) is 4.50. The molecule has 78 valence electrons. The fourth-order valence-electron chi connectivity index (χ4n) is 2.17. The first-order valence-corrected chi connectivity index (χ1v) is 5.48. The average Bonchev–Trinajstić information content (AvgIpc) is 2.20. The van der Waals surface area contributed by atoms with Crippen LogP contribution in [0.25, 0.3) is 0 Å². The standard InChI is InChI=1S/C13H20O/c1-5-10-8-13(14)9(4)11(6-2)12(10)7-3/h8,14H,5-7H2,1-4H3. The number of aromatic hydroxyl groups is 1. The van der Waals surface area contributed by atoms with Gasteiger partial charge in [-0.15, -0.1) is 0 Å². The van der Waals surface area contributed by atoms with E-state index in [9.17, 15) is 5.11 Å². The highest BCUT2D eigenvalue weighted by Crippen LogP contribution is 2.28. The van der Waals surface area contributed by atoms with Crippen LogP contribution in [0.5, 0.6) is 5.75 Å². The zero-order valence-corrected chi connectivity index (χ0v) is 9.65. The van der Waals surface area contributed by atoms with Gasteiger partial charge in [0.25, 0.3) is 0 Å². The topological polar surface area (TPSA) is 20.2 Å². The van der Waals surface area contributed by atoms with Crippen molar-refractivity contribution in [2.75, 3.05) is 0 Å². The predicted molar refractivity (Wildman–Crippen MR) is 61.0 cm³/mol. The molecule has 0 bridgehead atoms. The van der Waals surface area contributed by atoms with E-state index >= 15 is 0 Å². The molecule has 0 heterocycles. The van der Waals surface area contributed by atoms with Gasteiger partial charge in [-0.05, 0) is 54.5 Å². The zero-order valence-electron chi connectivity index (χ0n) is 9.65. The van der Waals surface area contributed by atoms with Crippen LogP contribution in [-0.2, 0) is 19.3 Å². The lowest BCUT2D eigenvalue weighted by Crippen LogP contribution is -2.00. The van der Waals surface area contributed by atoms with Crippen molar-refractivity contribution in [1.82, 2.24) is 0 Å². The van der Waals surface area contributed by atoms with Gasteiger partial charge in [0.1, 0.15) is 5.75 Å². The number of hydrogen-bond donors (Lipinski definition) is 1. The molecule has 0 aliphatic heterocycles. The van der Waals surface area contributed by atoms with Crippen molar-refractivity contribution in [3.8, 4) is 5.75 Å². The minimum Gasteiger partial charge on any atom is -0.508 e. The SMILES string of the molecule is CCc1cc(O)c(C)c(CC)c1CC. The van der Waals surface area contributed by atoms with Gasteiger partial charge in [-0.1, -0.05) is 20.8 Å². The smallest absolute Gasteiger partial charge is 0.119 e. The minimum absolute atomic E-state index is 0.455. The van der Waals surface area contributed by atoms with Crippen LogP contribution in [0.3, 0.4) is 0 Å². The van der Waals surface area contributed by atoms with Crippen LogP contribution in [0.2, 0.25) is 0 Å². The highest BCUT2D eigenvalue weighted by atomic mass is 16.3. The van der Waals surface area contributed by atoms with Crippen LogP contribution >= 0.6 is 0 Å². The molecule has 0 aliphatic carbocycles. The van der Waals surface area contributed by atoms with Gasteiger partial charge >= 0.3 is 0 Å². The van der Waals surface area contributed by atoms with E-state index in [0.717, 1.165) is 24.8 Å². The van der Waals surface area contributed by atoms with Crippen molar-refractivity contribution in [3.63, 3.8) is 0 Å². The fourth-order valence-corrected chi connectivity index (χ4v) is 2.17. The monoisotopic (exact) mass is 192 g/mol. The summed E-state index contributed by atoms with van der Waals surface area (Å²) >= 11 is 0. The molecule has 0 saturated carbocycles. The van der Waals surface area contributed by atoms with E-state index in [4.69, 9.17) is 0 Å². The first-order valence-electron chi connectivity index (χ1n) is 5.48. The van der Waals surface area contributed by atoms with Crippen molar-refractivity contribution in [3.05, 3.63) is 28.3 Å². The lowest BCUT2D eigenvalue weighted by Gasteiger charge is -2.15. The molecule has 0 unspecified atom stereocenters. The number of phenolic OH excluding ortho intramolecular Hbond substituents is 1. The molecule has 1 N–H and O–H groups in total. The molecule has 0 fully saturated rings. The lowest BCUT2D eigenvalue weighted by atomic mass is 9.91. The Bertz CT molecular complexity index is 326. The summed E-state index contributed by atoms with van der Waals surface area (Å²) in [5.41, 5.74) is 5.13. The maximum absolute atomic E-state index is 9.76. The first kappa shape index (κ1) is 11.1. The van der Waals surface area contributed by atoms with Crippen molar-refractivity contribution in [1.29, 1.82) is 0 Å². The van der Waals surface area contributed by atoms with Gasteiger partial charge in [0.2, 0.25) is 0 Å². The number of rotatable bonds is 3. The first-order chi connectivity index (χ1) is 6.65. The minimum atomic E-state index is 0.455. The van der Waals surface area contributed by atoms with E-state index in [1.807, 2.05) is 13.0 Å². The van der Waals surface area contributed by atoms with E-state index in [2.05, 4.69) is 20.8 Å². The molecule has 0 spiro atoms. The van der Waals surface area contributed by atoms with Crippen LogP contribution in [0.1, 0.15) is 43.0 Å². The second-order valence-corrected chi connectivity index (χ2v) is 3.70. The van der Waals surface area contributed by atoms with Gasteiger partial charge in [-0.2, -0.15) is 0 Å². The third-order valence-electron chi connectivity index (χ3n) is 2.99. The predicted octanol–water partition coefficient (Wildman–Crippen LogP) is 3.39. The molecule has 0 saturated heterocycles. The summed E-state index contributed by atoms with van der Waals surface area (Å²) in [6.07, 6.45) is 3.08. The summed E-state index contributed by atoms with van der Waals surface area (Å²) in [5.74, 6) is 0.455. The Balaban J connectivity index is 3.42. The lowest BCUT2D eigenvalue weighted by molar-refractivity contribution is 0.469. The molecular weight excluding hydrogens is 172 g/mol. The van der Waals surface area contributed by atoms with Crippen molar-refractivity contribution < 1.29 is 5.11 Å². The Morgan fingerprint density at radius 1 is 1.00 bits per heavy atom. The quantitative estimate of drug-likeness (QED) is 0.778. The summed E-state index contributed by atoms with van der Waals surface area (Å²) in [5, 5.41) is 9.76. The number of benzene rings is 1. The number of hydrogen-bond acceptors (Lipinski definition) is 1. The highest BCUT2D eigenvalue weighted by Gasteiger charge is 2.11. The Kier molecular flexibility index (Phi) is 3.56. The van der Waals surface area contributed by atoms with Gasteiger partial charge in [-0.25, -0.2) is 0 Å². The molecule has 1 aromatic rings. The van der Waals surface area contributed by atoms with E-state index in [1.54, 1.807) is 0 Å². The Hall–Kier alpha value is -0.980. The van der Waals surface area contributed by atoms with Crippen LogP contribution in [-0.4, -0.2) is 5.11 Å². The molecule has 0 radical (unpaired) electrons. The second-order valence-electron chi connectivity index (χ2n) is 3.70. The van der Waals surface area contributed by atoms with Crippen LogP contribution in [0.4, 0.5) is 0 Å². The molecule has 1 rings (SSSR count). The van der Waals surface area contributed by atoms with Crippen LogP contribution in [0, 0.1) is 6.92 Å². The molecule has 0 aliphatic rings. The van der Waals surface area contributed by atoms with E-state index in [0.29, 0.717) is 5.75 Å². The summed E-state index contributed by atoms with van der Waals surface area (Å²) in [6, 6.07) is 1.92. The fraction of sp³-hybridized carbons (Fsp3) is 0.538. The average molecular weight is 192 g/mol. The molecule has 0 aromatic heterocycles. The van der Waals surface area contributed by atoms with Crippen LogP contribution < -0.4 is 0 Å². The summed E-state index contributed by atoms with van der Waals surface area (Å²) in [7, 11) is 0. The van der Waals surface area contributed by atoms with Gasteiger partial charge < -0.3 is 5.11 Å². The number of aryl methyl sites for hydroxylation is 1. The van der Waals surface area contributed by atoms with Crippen molar-refractivity contribution >= 4 is 0 Å². The molecular formula is C13H20O. The van der Waals surface area contributed by atoms with Gasteiger partial charge in [0, 0.05) is 0 Å². The van der Waals surface area contributed by atoms with Crippen LogP contribution in [0.15, 0.2) is 6.07 Å². The van der Waals surface area contributed by atoms with Gasteiger partial charge in [0.05, 0.1) is 0 Å².